The number of carbonyl (C=O) groups excluding carboxylic acids is 3. The van der Waals surface area contributed by atoms with Gasteiger partial charge in [-0.05, 0) is 78.7 Å². The number of carbonyl (C=O) groups is 3. The van der Waals surface area contributed by atoms with E-state index in [1.165, 1.54) is 30.0 Å². The first-order valence-corrected chi connectivity index (χ1v) is 15.6. The van der Waals surface area contributed by atoms with Crippen molar-refractivity contribution in [2.45, 2.75) is 17.1 Å². The topological polar surface area (TPSA) is 87.3 Å². The van der Waals surface area contributed by atoms with Crippen LogP contribution in [0.2, 0.25) is 5.02 Å². The van der Waals surface area contributed by atoms with Crippen LogP contribution in [0.5, 0.6) is 0 Å². The number of hydrogen-bond donors (Lipinski definition) is 3. The zero-order valence-corrected chi connectivity index (χ0v) is 26.2. The second kappa shape index (κ2) is 15.2. The lowest BCUT2D eigenvalue weighted by atomic mass is 10.1. The van der Waals surface area contributed by atoms with Crippen molar-refractivity contribution in [1.82, 2.24) is 5.32 Å². The maximum Gasteiger partial charge on any atom is 0.272 e. The molecule has 9 heteroatoms. The Balaban J connectivity index is 1.33. The quantitative estimate of drug-likeness (QED) is 0.104. The molecule has 46 heavy (non-hydrogen) atoms. The van der Waals surface area contributed by atoms with Gasteiger partial charge in [0.1, 0.15) is 16.8 Å². The van der Waals surface area contributed by atoms with Crippen LogP contribution in [0.15, 0.2) is 138 Å². The Kier molecular flexibility index (Phi) is 10.7. The first kappa shape index (κ1) is 32.2. The van der Waals surface area contributed by atoms with Gasteiger partial charge >= 0.3 is 0 Å². The molecule has 0 spiro atoms. The van der Waals surface area contributed by atoms with Crippen LogP contribution in [0.3, 0.4) is 0 Å². The fourth-order valence-corrected chi connectivity index (χ4v) is 5.63. The van der Waals surface area contributed by atoms with E-state index in [0.29, 0.717) is 22.0 Å². The Hall–Kier alpha value is -5.18. The number of amides is 3. The standard InChI is InChI=1S/C37H29ClFN3O3S/c1-24-16-17-29(23-31(24)38)41-37(45)34(25-10-4-2-5-11-25)46-30-20-18-28(19-21-30)40-36(44)33(22-27-14-8-9-15-32(27)39)42-35(43)26-12-6-3-7-13-26/h2-23,34H,1H3,(H,40,44)(H,41,45)(H,42,43)/b33-22-. The van der Waals surface area contributed by atoms with E-state index in [4.69, 9.17) is 11.6 Å². The summed E-state index contributed by atoms with van der Waals surface area (Å²) in [6, 6.07) is 36.1. The third-order valence-electron chi connectivity index (χ3n) is 6.88. The summed E-state index contributed by atoms with van der Waals surface area (Å²) in [6.07, 6.45) is 1.29. The van der Waals surface area contributed by atoms with Crippen molar-refractivity contribution < 1.29 is 18.8 Å². The molecule has 1 atom stereocenters. The molecule has 0 aromatic heterocycles. The molecule has 0 radical (unpaired) electrons. The molecule has 0 fully saturated rings. The monoisotopic (exact) mass is 649 g/mol. The minimum atomic E-state index is -0.633. The Bertz CT molecular complexity index is 1880. The van der Waals surface area contributed by atoms with Crippen molar-refractivity contribution in [2.24, 2.45) is 0 Å². The molecule has 0 aliphatic carbocycles. The Morgan fingerprint density at radius 2 is 1.39 bits per heavy atom. The van der Waals surface area contributed by atoms with E-state index in [0.717, 1.165) is 16.0 Å². The van der Waals surface area contributed by atoms with Crippen molar-refractivity contribution in [1.29, 1.82) is 0 Å². The largest absolute Gasteiger partial charge is 0.325 e. The molecular weight excluding hydrogens is 621 g/mol. The summed E-state index contributed by atoms with van der Waals surface area (Å²) in [5.41, 5.74) is 3.13. The minimum Gasteiger partial charge on any atom is -0.325 e. The molecule has 0 aliphatic heterocycles. The Morgan fingerprint density at radius 1 is 0.761 bits per heavy atom. The molecule has 5 rings (SSSR count). The molecule has 6 nitrogen and oxygen atoms in total. The normalized spacial score (nSPS) is 11.8. The SMILES string of the molecule is Cc1ccc(NC(=O)C(Sc2ccc(NC(=O)/C(=C/c3ccccc3F)NC(=O)c3ccccc3)cc2)c2ccccc2)cc1Cl. The third-order valence-corrected chi connectivity index (χ3v) is 8.55. The van der Waals surface area contributed by atoms with Gasteiger partial charge < -0.3 is 16.0 Å². The number of nitrogens with one attached hydrogen (secondary N) is 3. The Morgan fingerprint density at radius 3 is 2.07 bits per heavy atom. The zero-order valence-electron chi connectivity index (χ0n) is 24.7. The molecule has 3 N–H and O–H groups in total. The van der Waals surface area contributed by atoms with Crippen LogP contribution in [0.25, 0.3) is 6.08 Å². The van der Waals surface area contributed by atoms with Crippen LogP contribution in [0.4, 0.5) is 15.8 Å². The number of aryl methyl sites for hydroxylation is 1. The fourth-order valence-electron chi connectivity index (χ4n) is 4.42. The van der Waals surface area contributed by atoms with E-state index in [1.54, 1.807) is 78.9 Å². The van der Waals surface area contributed by atoms with Crippen LogP contribution < -0.4 is 16.0 Å². The number of benzene rings is 5. The van der Waals surface area contributed by atoms with Crippen LogP contribution >= 0.6 is 23.4 Å². The van der Waals surface area contributed by atoms with Gasteiger partial charge in [-0.2, -0.15) is 0 Å². The maximum atomic E-state index is 14.5. The smallest absolute Gasteiger partial charge is 0.272 e. The van der Waals surface area contributed by atoms with Gasteiger partial charge in [0, 0.05) is 32.4 Å². The lowest BCUT2D eigenvalue weighted by molar-refractivity contribution is -0.116. The molecule has 0 saturated heterocycles. The van der Waals surface area contributed by atoms with Crippen molar-refractivity contribution >= 4 is 58.5 Å². The zero-order chi connectivity index (χ0) is 32.5. The van der Waals surface area contributed by atoms with E-state index in [-0.39, 0.29) is 17.2 Å². The van der Waals surface area contributed by atoms with Crippen molar-refractivity contribution in [2.75, 3.05) is 10.6 Å². The molecule has 5 aromatic carbocycles. The van der Waals surface area contributed by atoms with Crippen LogP contribution in [-0.2, 0) is 9.59 Å². The summed E-state index contributed by atoms with van der Waals surface area (Å²) < 4.78 is 14.5. The van der Waals surface area contributed by atoms with E-state index in [2.05, 4.69) is 16.0 Å². The third kappa shape index (κ3) is 8.50. The van der Waals surface area contributed by atoms with Gasteiger partial charge in [-0.3, -0.25) is 14.4 Å². The van der Waals surface area contributed by atoms with E-state index >= 15 is 0 Å². The minimum absolute atomic E-state index is 0.130. The summed E-state index contributed by atoms with van der Waals surface area (Å²) in [7, 11) is 0. The van der Waals surface area contributed by atoms with Gasteiger partial charge in [-0.15, -0.1) is 11.8 Å². The number of anilines is 2. The Labute approximate surface area is 275 Å². The second-order valence-electron chi connectivity index (χ2n) is 10.2. The highest BCUT2D eigenvalue weighted by atomic mass is 35.5. The number of rotatable bonds is 10. The molecule has 3 amide bonds. The van der Waals surface area contributed by atoms with Crippen molar-refractivity contribution in [3.63, 3.8) is 0 Å². The van der Waals surface area contributed by atoms with Crippen molar-refractivity contribution in [3.05, 3.63) is 166 Å². The van der Waals surface area contributed by atoms with Gasteiger partial charge in [0.25, 0.3) is 11.8 Å². The van der Waals surface area contributed by atoms with Crippen LogP contribution in [-0.4, -0.2) is 17.7 Å². The molecule has 0 bridgehead atoms. The number of thioether (sulfide) groups is 1. The van der Waals surface area contributed by atoms with E-state index < -0.39 is 22.9 Å². The lowest BCUT2D eigenvalue weighted by Crippen LogP contribution is -2.30. The molecule has 0 heterocycles. The second-order valence-corrected chi connectivity index (χ2v) is 11.8. The maximum absolute atomic E-state index is 14.5. The average Bonchev–Trinajstić information content (AvgIpc) is 3.07. The van der Waals surface area contributed by atoms with Gasteiger partial charge in [0.05, 0.1) is 0 Å². The fraction of sp³-hybridized carbons (Fsp3) is 0.0541. The van der Waals surface area contributed by atoms with Crippen LogP contribution in [0, 0.1) is 12.7 Å². The molecule has 1 unspecified atom stereocenters. The lowest BCUT2D eigenvalue weighted by Gasteiger charge is -2.18. The average molecular weight is 650 g/mol. The summed E-state index contributed by atoms with van der Waals surface area (Å²) in [5, 5.41) is 8.32. The summed E-state index contributed by atoms with van der Waals surface area (Å²) in [6.45, 7) is 1.89. The van der Waals surface area contributed by atoms with Crippen molar-refractivity contribution in [3.8, 4) is 0 Å². The predicted octanol–water partition coefficient (Wildman–Crippen LogP) is 8.67. The molecular formula is C37H29ClFN3O3S. The predicted molar refractivity (Wildman–Crippen MR) is 183 cm³/mol. The highest BCUT2D eigenvalue weighted by Crippen LogP contribution is 2.37. The number of halogens is 2. The molecule has 230 valence electrons. The molecule has 0 aliphatic rings. The highest BCUT2D eigenvalue weighted by Gasteiger charge is 2.23. The van der Waals surface area contributed by atoms with Gasteiger partial charge in [-0.25, -0.2) is 4.39 Å². The molecule has 5 aromatic rings. The summed E-state index contributed by atoms with van der Waals surface area (Å²) in [4.78, 5) is 40.5. The van der Waals surface area contributed by atoms with Crippen LogP contribution in [0.1, 0.15) is 32.3 Å². The van der Waals surface area contributed by atoms with Gasteiger partial charge in [0.2, 0.25) is 5.91 Å². The summed E-state index contributed by atoms with van der Waals surface area (Å²) in [5.74, 6) is -1.90. The van der Waals surface area contributed by atoms with Gasteiger partial charge in [-0.1, -0.05) is 84.4 Å². The first-order chi connectivity index (χ1) is 22.3. The van der Waals surface area contributed by atoms with E-state index in [1.807, 2.05) is 43.3 Å². The molecule has 0 saturated carbocycles. The number of hydrogen-bond acceptors (Lipinski definition) is 4. The van der Waals surface area contributed by atoms with E-state index in [9.17, 15) is 18.8 Å². The first-order valence-electron chi connectivity index (χ1n) is 14.3. The summed E-state index contributed by atoms with van der Waals surface area (Å²) >= 11 is 7.62. The highest BCUT2D eigenvalue weighted by molar-refractivity contribution is 8.00. The van der Waals surface area contributed by atoms with Gasteiger partial charge in [0.15, 0.2) is 0 Å².